The standard InChI is InChI=1S/C38H45NO10/c1-44-33-11-6-4-9-29(33)24-46-16-7-17-47-31-14-12-27(13-15-31)37-35(20-39(38(42)43)21-36(37)49-25-30(41)22-40)48-23-26-18-28-8-3-5-10-32(28)34(19-26)45-2/h3-6,8-15,18-19,30,35-37,40-41H,7,16-17,20-25H2,1-2H3,(H,42,43)/t30-,35+,36-,37-/m1/s1. The van der Waals surface area contributed by atoms with E-state index in [1.54, 1.807) is 14.2 Å². The van der Waals surface area contributed by atoms with Crippen LogP contribution in [0.5, 0.6) is 17.2 Å². The second-order valence-corrected chi connectivity index (χ2v) is 11.9. The molecule has 4 atom stereocenters. The van der Waals surface area contributed by atoms with Crippen molar-refractivity contribution in [1.82, 2.24) is 4.90 Å². The van der Waals surface area contributed by atoms with Gasteiger partial charge in [0.2, 0.25) is 0 Å². The lowest BCUT2D eigenvalue weighted by Gasteiger charge is -2.42. The molecule has 0 saturated carbocycles. The molecule has 5 rings (SSSR count). The first-order valence-corrected chi connectivity index (χ1v) is 16.4. The maximum atomic E-state index is 12.2. The maximum Gasteiger partial charge on any atom is 0.407 e. The second kappa shape index (κ2) is 17.8. The Balaban J connectivity index is 1.27. The van der Waals surface area contributed by atoms with E-state index in [0.29, 0.717) is 32.0 Å². The number of hydrogen-bond donors (Lipinski definition) is 3. The molecule has 0 bridgehead atoms. The molecule has 4 aromatic rings. The molecule has 0 aliphatic carbocycles. The fraction of sp³-hybridized carbons (Fsp3) is 0.395. The molecule has 0 unspecified atom stereocenters. The number of ether oxygens (including phenoxy) is 6. The van der Waals surface area contributed by atoms with E-state index in [1.165, 1.54) is 4.90 Å². The third-order valence-corrected chi connectivity index (χ3v) is 8.57. The van der Waals surface area contributed by atoms with Crippen LogP contribution in [0.15, 0.2) is 84.9 Å². The van der Waals surface area contributed by atoms with Gasteiger partial charge in [-0.2, -0.15) is 0 Å². The predicted molar refractivity (Wildman–Crippen MR) is 183 cm³/mol. The summed E-state index contributed by atoms with van der Waals surface area (Å²) in [5.41, 5.74) is 2.75. The lowest BCUT2D eigenvalue weighted by atomic mass is 9.84. The summed E-state index contributed by atoms with van der Waals surface area (Å²) in [6.07, 6.45) is -2.71. The van der Waals surface area contributed by atoms with Crippen molar-refractivity contribution in [3.05, 3.63) is 102 Å². The van der Waals surface area contributed by atoms with Crippen molar-refractivity contribution < 1.29 is 48.5 Å². The van der Waals surface area contributed by atoms with Gasteiger partial charge in [-0.3, -0.25) is 0 Å². The zero-order valence-corrected chi connectivity index (χ0v) is 27.9. The fourth-order valence-electron chi connectivity index (χ4n) is 6.09. The first-order valence-electron chi connectivity index (χ1n) is 16.4. The smallest absolute Gasteiger partial charge is 0.407 e. The highest BCUT2D eigenvalue weighted by Crippen LogP contribution is 2.35. The zero-order valence-electron chi connectivity index (χ0n) is 27.9. The minimum absolute atomic E-state index is 0.0783. The van der Waals surface area contributed by atoms with Crippen LogP contribution < -0.4 is 14.2 Å². The number of aliphatic hydroxyl groups is 2. The molecule has 1 fully saturated rings. The molecule has 1 heterocycles. The first-order chi connectivity index (χ1) is 23.9. The molecular weight excluding hydrogens is 630 g/mol. The molecule has 11 heteroatoms. The van der Waals surface area contributed by atoms with Gasteiger partial charge in [0, 0.05) is 23.3 Å². The number of aliphatic hydroxyl groups excluding tert-OH is 2. The lowest BCUT2D eigenvalue weighted by molar-refractivity contribution is -0.106. The van der Waals surface area contributed by atoms with Gasteiger partial charge in [0.15, 0.2) is 0 Å². The number of carbonyl (C=O) groups is 1. The van der Waals surface area contributed by atoms with E-state index in [2.05, 4.69) is 0 Å². The number of rotatable bonds is 17. The Morgan fingerprint density at radius 2 is 1.57 bits per heavy atom. The molecule has 11 nitrogen and oxygen atoms in total. The Morgan fingerprint density at radius 3 is 2.31 bits per heavy atom. The van der Waals surface area contributed by atoms with Crippen molar-refractivity contribution in [2.45, 2.75) is 43.9 Å². The lowest BCUT2D eigenvalue weighted by Crippen LogP contribution is -2.54. The summed E-state index contributed by atoms with van der Waals surface area (Å²) < 4.78 is 35.4. The number of hydrogen-bond acceptors (Lipinski definition) is 9. The van der Waals surface area contributed by atoms with Crippen LogP contribution in [0.1, 0.15) is 29.0 Å². The monoisotopic (exact) mass is 675 g/mol. The summed E-state index contributed by atoms with van der Waals surface area (Å²) in [7, 11) is 3.27. The Labute approximate surface area is 286 Å². The number of benzene rings is 4. The molecule has 1 amide bonds. The summed E-state index contributed by atoms with van der Waals surface area (Å²) in [6, 6.07) is 27.2. The molecular formula is C38H45NO10. The van der Waals surface area contributed by atoms with Crippen LogP contribution in [-0.2, 0) is 27.4 Å². The Hall–Kier alpha value is -4.39. The van der Waals surface area contributed by atoms with E-state index in [1.807, 2.05) is 84.9 Å². The van der Waals surface area contributed by atoms with Gasteiger partial charge in [0.25, 0.3) is 0 Å². The van der Waals surface area contributed by atoms with E-state index >= 15 is 0 Å². The van der Waals surface area contributed by atoms with Crippen LogP contribution in [0, 0.1) is 0 Å². The predicted octanol–water partition coefficient (Wildman–Crippen LogP) is 5.24. The molecule has 0 aromatic heterocycles. The average molecular weight is 676 g/mol. The fourth-order valence-corrected chi connectivity index (χ4v) is 6.09. The summed E-state index contributed by atoms with van der Waals surface area (Å²) in [5.74, 6) is 1.83. The van der Waals surface area contributed by atoms with Gasteiger partial charge in [-0.1, -0.05) is 54.6 Å². The number of likely N-dealkylation sites (tertiary alicyclic amines) is 1. The van der Waals surface area contributed by atoms with Crippen LogP contribution in [0.2, 0.25) is 0 Å². The molecule has 4 aromatic carbocycles. The molecule has 1 aliphatic heterocycles. The highest BCUT2D eigenvalue weighted by Gasteiger charge is 2.41. The van der Waals surface area contributed by atoms with Crippen molar-refractivity contribution in [1.29, 1.82) is 0 Å². The highest BCUT2D eigenvalue weighted by molar-refractivity contribution is 5.89. The summed E-state index contributed by atoms with van der Waals surface area (Å²) >= 11 is 0. The van der Waals surface area contributed by atoms with Crippen molar-refractivity contribution in [2.75, 3.05) is 53.7 Å². The van der Waals surface area contributed by atoms with E-state index in [0.717, 1.165) is 39.0 Å². The maximum absolute atomic E-state index is 12.2. The van der Waals surface area contributed by atoms with E-state index < -0.39 is 31.0 Å². The molecule has 1 aliphatic rings. The van der Waals surface area contributed by atoms with Crippen molar-refractivity contribution in [3.8, 4) is 17.2 Å². The summed E-state index contributed by atoms with van der Waals surface area (Å²) in [5, 5.41) is 31.4. The van der Waals surface area contributed by atoms with Crippen LogP contribution in [0.25, 0.3) is 10.8 Å². The summed E-state index contributed by atoms with van der Waals surface area (Å²) in [4.78, 5) is 13.4. The van der Waals surface area contributed by atoms with Gasteiger partial charge in [-0.15, -0.1) is 0 Å². The van der Waals surface area contributed by atoms with Crippen molar-refractivity contribution in [3.63, 3.8) is 0 Å². The highest BCUT2D eigenvalue weighted by atomic mass is 16.5. The molecule has 3 N–H and O–H groups in total. The molecule has 262 valence electrons. The number of nitrogens with zero attached hydrogens (tertiary/aromatic N) is 1. The Morgan fingerprint density at radius 1 is 0.857 bits per heavy atom. The topological polar surface area (TPSA) is 136 Å². The van der Waals surface area contributed by atoms with E-state index in [-0.39, 0.29) is 32.2 Å². The number of para-hydroxylation sites is 1. The van der Waals surface area contributed by atoms with Crippen LogP contribution in [0.4, 0.5) is 4.79 Å². The minimum atomic E-state index is -1.10. The molecule has 0 spiro atoms. The number of amides is 1. The molecule has 0 radical (unpaired) electrons. The van der Waals surface area contributed by atoms with Crippen molar-refractivity contribution >= 4 is 16.9 Å². The largest absolute Gasteiger partial charge is 0.496 e. The molecule has 1 saturated heterocycles. The van der Waals surface area contributed by atoms with Crippen LogP contribution in [-0.4, -0.2) is 98.4 Å². The normalized spacial score (nSPS) is 18.3. The zero-order chi connectivity index (χ0) is 34.6. The first kappa shape index (κ1) is 35.9. The van der Waals surface area contributed by atoms with Gasteiger partial charge < -0.3 is 48.6 Å². The number of fused-ring (bicyclic) bond motifs is 1. The Bertz CT molecular complexity index is 1630. The van der Waals surface area contributed by atoms with Crippen molar-refractivity contribution in [2.24, 2.45) is 0 Å². The van der Waals surface area contributed by atoms with Gasteiger partial charge in [0.05, 0.1) is 79.2 Å². The molecule has 49 heavy (non-hydrogen) atoms. The van der Waals surface area contributed by atoms with Gasteiger partial charge in [-0.05, 0) is 46.8 Å². The summed E-state index contributed by atoms with van der Waals surface area (Å²) in [6.45, 7) is 1.24. The number of piperidine rings is 1. The van der Waals surface area contributed by atoms with Crippen LogP contribution >= 0.6 is 0 Å². The van der Waals surface area contributed by atoms with Crippen LogP contribution in [0.3, 0.4) is 0 Å². The SMILES string of the molecule is COc1ccccc1COCCCOc1ccc([C@@H]2[C@@H](OCc3cc(OC)c4ccccc4c3)CN(C(=O)O)C[C@H]2OC[C@H](O)CO)cc1. The number of carboxylic acid groups (broad SMARTS) is 1. The minimum Gasteiger partial charge on any atom is -0.496 e. The van der Waals surface area contributed by atoms with Gasteiger partial charge >= 0.3 is 6.09 Å². The van der Waals surface area contributed by atoms with E-state index in [9.17, 15) is 20.1 Å². The quantitative estimate of drug-likeness (QED) is 0.128. The second-order valence-electron chi connectivity index (χ2n) is 11.9. The third-order valence-electron chi connectivity index (χ3n) is 8.57. The van der Waals surface area contributed by atoms with E-state index in [4.69, 9.17) is 28.4 Å². The average Bonchev–Trinajstić information content (AvgIpc) is 3.14. The third kappa shape index (κ3) is 9.62. The Kier molecular flexibility index (Phi) is 13.1. The van der Waals surface area contributed by atoms with Gasteiger partial charge in [-0.25, -0.2) is 4.79 Å². The number of methoxy groups -OCH3 is 2. The van der Waals surface area contributed by atoms with Gasteiger partial charge in [0.1, 0.15) is 23.4 Å².